The summed E-state index contributed by atoms with van der Waals surface area (Å²) in [6.45, 7) is -1.36. The minimum atomic E-state index is -4.37. The predicted molar refractivity (Wildman–Crippen MR) is 105 cm³/mol. The molecular weight excluding hydrogens is 445 g/mol. The highest BCUT2D eigenvalue weighted by molar-refractivity contribution is 7.89. The van der Waals surface area contributed by atoms with Crippen LogP contribution in [0.5, 0.6) is 0 Å². The van der Waals surface area contributed by atoms with E-state index in [-0.39, 0.29) is 36.9 Å². The van der Waals surface area contributed by atoms with Crippen molar-refractivity contribution in [2.24, 2.45) is 0 Å². The van der Waals surface area contributed by atoms with Crippen molar-refractivity contribution in [2.75, 3.05) is 13.2 Å². The molecule has 0 atom stereocenters. The Morgan fingerprint density at radius 1 is 1.00 bits per heavy atom. The van der Waals surface area contributed by atoms with Gasteiger partial charge in [0.15, 0.2) is 0 Å². The third-order valence-corrected chi connectivity index (χ3v) is 5.54. The van der Waals surface area contributed by atoms with Crippen molar-refractivity contribution in [1.82, 2.24) is 10.0 Å². The van der Waals surface area contributed by atoms with E-state index in [1.807, 2.05) is 0 Å². The summed E-state index contributed by atoms with van der Waals surface area (Å²) in [5.74, 6) is -0.355. The molecule has 0 aliphatic rings. The summed E-state index contributed by atoms with van der Waals surface area (Å²) in [5, 5.41) is 3.06. The van der Waals surface area contributed by atoms with Crippen LogP contribution < -0.4 is 10.0 Å². The SMILES string of the molecule is O=C(CCNS(=O)(=O)c1ccc(Cl)cc1)NCc1ccc(COCC(F)(F)F)cc1. The van der Waals surface area contributed by atoms with Gasteiger partial charge in [0.1, 0.15) is 6.61 Å². The molecule has 1 amide bonds. The highest BCUT2D eigenvalue weighted by Gasteiger charge is 2.27. The molecule has 0 saturated carbocycles. The van der Waals surface area contributed by atoms with Gasteiger partial charge in [-0.05, 0) is 35.4 Å². The van der Waals surface area contributed by atoms with E-state index >= 15 is 0 Å². The van der Waals surface area contributed by atoms with E-state index in [4.69, 9.17) is 11.6 Å². The molecule has 2 aromatic carbocycles. The number of hydrogen-bond donors (Lipinski definition) is 2. The van der Waals surface area contributed by atoms with E-state index in [1.54, 1.807) is 24.3 Å². The van der Waals surface area contributed by atoms with Crippen molar-refractivity contribution < 1.29 is 31.1 Å². The second-order valence-corrected chi connectivity index (χ2v) is 8.51. The first-order valence-electron chi connectivity index (χ1n) is 8.79. The van der Waals surface area contributed by atoms with E-state index in [2.05, 4.69) is 14.8 Å². The molecule has 0 aliphatic carbocycles. The largest absolute Gasteiger partial charge is 0.411 e. The van der Waals surface area contributed by atoms with Crippen LogP contribution in [0.1, 0.15) is 17.5 Å². The maximum absolute atomic E-state index is 12.1. The molecule has 0 aromatic heterocycles. The average Bonchev–Trinajstić information content (AvgIpc) is 2.66. The van der Waals surface area contributed by atoms with Crippen LogP contribution in [-0.2, 0) is 32.7 Å². The lowest BCUT2D eigenvalue weighted by molar-refractivity contribution is -0.176. The molecule has 0 saturated heterocycles. The molecular formula is C19H20ClF3N2O4S. The zero-order valence-electron chi connectivity index (χ0n) is 15.7. The minimum absolute atomic E-state index is 0.0478. The molecule has 0 aliphatic heterocycles. The van der Waals surface area contributed by atoms with E-state index in [9.17, 15) is 26.4 Å². The van der Waals surface area contributed by atoms with Gasteiger partial charge in [0.25, 0.3) is 0 Å². The molecule has 6 nitrogen and oxygen atoms in total. The molecule has 30 heavy (non-hydrogen) atoms. The van der Waals surface area contributed by atoms with Crippen molar-refractivity contribution >= 4 is 27.5 Å². The molecule has 164 valence electrons. The summed E-state index contributed by atoms with van der Waals surface area (Å²) < 4.78 is 67.3. The van der Waals surface area contributed by atoms with E-state index in [0.29, 0.717) is 10.6 Å². The first-order valence-corrected chi connectivity index (χ1v) is 10.7. The molecule has 0 bridgehead atoms. The van der Waals surface area contributed by atoms with Crippen LogP contribution in [0.4, 0.5) is 13.2 Å². The summed E-state index contributed by atoms with van der Waals surface area (Å²) in [7, 11) is -3.73. The average molecular weight is 465 g/mol. The van der Waals surface area contributed by atoms with Gasteiger partial charge in [-0.15, -0.1) is 0 Å². The van der Waals surface area contributed by atoms with Crippen LogP contribution in [-0.4, -0.2) is 33.7 Å². The van der Waals surface area contributed by atoms with Crippen LogP contribution in [0, 0.1) is 0 Å². The fourth-order valence-electron chi connectivity index (χ4n) is 2.32. The Hall–Kier alpha value is -2.14. The number of amides is 1. The summed E-state index contributed by atoms with van der Waals surface area (Å²) in [4.78, 5) is 11.9. The van der Waals surface area contributed by atoms with Crippen molar-refractivity contribution in [3.05, 3.63) is 64.7 Å². The second kappa shape index (κ2) is 10.8. The van der Waals surface area contributed by atoms with Crippen LogP contribution in [0.2, 0.25) is 5.02 Å². The number of hydrogen-bond acceptors (Lipinski definition) is 4. The standard InChI is InChI=1S/C19H20ClF3N2O4S/c20-16-5-7-17(8-6-16)30(27,28)25-10-9-18(26)24-11-14-1-3-15(4-2-14)12-29-13-19(21,22)23/h1-8,25H,9-13H2,(H,24,26). The number of rotatable bonds is 10. The van der Waals surface area contributed by atoms with Crippen molar-refractivity contribution in [1.29, 1.82) is 0 Å². The van der Waals surface area contributed by atoms with Gasteiger partial charge >= 0.3 is 6.18 Å². The molecule has 0 radical (unpaired) electrons. The molecule has 2 aromatic rings. The lowest BCUT2D eigenvalue weighted by Crippen LogP contribution is -2.30. The first-order chi connectivity index (χ1) is 14.0. The van der Waals surface area contributed by atoms with Gasteiger partial charge in [0, 0.05) is 24.5 Å². The van der Waals surface area contributed by atoms with Gasteiger partial charge in [-0.3, -0.25) is 4.79 Å². The van der Waals surface area contributed by atoms with E-state index in [1.165, 1.54) is 24.3 Å². The predicted octanol–water partition coefficient (Wildman–Crippen LogP) is 3.40. The zero-order valence-corrected chi connectivity index (χ0v) is 17.3. The summed E-state index contributed by atoms with van der Waals surface area (Å²) >= 11 is 5.72. The Balaban J connectivity index is 1.71. The van der Waals surface area contributed by atoms with Crippen molar-refractivity contribution in [2.45, 2.75) is 30.6 Å². The summed E-state index contributed by atoms with van der Waals surface area (Å²) in [5.41, 5.74) is 1.32. The third-order valence-electron chi connectivity index (χ3n) is 3.82. The number of carbonyl (C=O) groups excluding carboxylic acids is 1. The van der Waals surface area contributed by atoms with Crippen LogP contribution in [0.15, 0.2) is 53.4 Å². The maximum atomic E-state index is 12.1. The fourth-order valence-corrected chi connectivity index (χ4v) is 3.48. The number of carbonyl (C=O) groups is 1. The van der Waals surface area contributed by atoms with Crippen LogP contribution >= 0.6 is 11.6 Å². The molecule has 0 heterocycles. The Bertz CT molecular complexity index is 934. The minimum Gasteiger partial charge on any atom is -0.367 e. The van der Waals surface area contributed by atoms with Gasteiger partial charge < -0.3 is 10.1 Å². The number of benzene rings is 2. The Morgan fingerprint density at radius 3 is 2.20 bits per heavy atom. The Kier molecular flexibility index (Phi) is 8.65. The molecule has 0 fully saturated rings. The molecule has 11 heteroatoms. The zero-order chi connectivity index (χ0) is 22.2. The second-order valence-electron chi connectivity index (χ2n) is 6.30. The highest BCUT2D eigenvalue weighted by atomic mass is 35.5. The first kappa shape index (κ1) is 24.1. The normalized spacial score (nSPS) is 12.0. The number of alkyl halides is 3. The smallest absolute Gasteiger partial charge is 0.367 e. The number of ether oxygens (including phenoxy) is 1. The van der Waals surface area contributed by atoms with Crippen molar-refractivity contribution in [3.8, 4) is 0 Å². The van der Waals surface area contributed by atoms with Crippen LogP contribution in [0.3, 0.4) is 0 Å². The molecule has 0 spiro atoms. The molecule has 2 N–H and O–H groups in total. The molecule has 2 rings (SSSR count). The number of halogens is 4. The summed E-state index contributed by atoms with van der Waals surface area (Å²) in [6.07, 6.45) is -4.43. The van der Waals surface area contributed by atoms with Gasteiger partial charge in [-0.2, -0.15) is 13.2 Å². The lowest BCUT2D eigenvalue weighted by atomic mass is 10.1. The molecule has 0 unspecified atom stereocenters. The van der Waals surface area contributed by atoms with E-state index < -0.39 is 22.8 Å². The van der Waals surface area contributed by atoms with Gasteiger partial charge in [-0.1, -0.05) is 35.9 Å². The quantitative estimate of drug-likeness (QED) is 0.564. The lowest BCUT2D eigenvalue weighted by Gasteiger charge is -2.09. The van der Waals surface area contributed by atoms with Crippen LogP contribution in [0.25, 0.3) is 0 Å². The third kappa shape index (κ3) is 8.70. The maximum Gasteiger partial charge on any atom is 0.411 e. The van der Waals surface area contributed by atoms with Crippen molar-refractivity contribution in [3.63, 3.8) is 0 Å². The van der Waals surface area contributed by atoms with E-state index in [0.717, 1.165) is 5.56 Å². The number of nitrogens with one attached hydrogen (secondary N) is 2. The van der Waals surface area contributed by atoms with Gasteiger partial charge in [0.05, 0.1) is 11.5 Å². The van der Waals surface area contributed by atoms with Gasteiger partial charge in [0.2, 0.25) is 15.9 Å². The fraction of sp³-hybridized carbons (Fsp3) is 0.316. The Morgan fingerprint density at radius 2 is 1.60 bits per heavy atom. The Labute approximate surface area is 177 Å². The topological polar surface area (TPSA) is 84.5 Å². The monoisotopic (exact) mass is 464 g/mol. The van der Waals surface area contributed by atoms with Gasteiger partial charge in [-0.25, -0.2) is 13.1 Å². The summed E-state index contributed by atoms with van der Waals surface area (Å²) in [6, 6.07) is 12.2. The highest BCUT2D eigenvalue weighted by Crippen LogP contribution is 2.16. The number of sulfonamides is 1.